The second-order valence-corrected chi connectivity index (χ2v) is 7.18. The summed E-state index contributed by atoms with van der Waals surface area (Å²) in [6, 6.07) is 15.6. The number of rotatable bonds is 4. The van der Waals surface area contributed by atoms with E-state index in [1.807, 2.05) is 6.07 Å². The van der Waals surface area contributed by atoms with Crippen molar-refractivity contribution in [2.24, 2.45) is 0 Å². The molecule has 0 saturated carbocycles. The molecule has 1 N–H and O–H groups in total. The van der Waals surface area contributed by atoms with E-state index in [-0.39, 0.29) is 22.5 Å². The molecule has 27 heavy (non-hydrogen) atoms. The van der Waals surface area contributed by atoms with Crippen LogP contribution in [0.1, 0.15) is 35.2 Å². The lowest BCUT2D eigenvalue weighted by atomic mass is 10.1. The van der Waals surface area contributed by atoms with Crippen molar-refractivity contribution in [2.75, 3.05) is 13.1 Å². The van der Waals surface area contributed by atoms with Crippen LogP contribution in [-0.2, 0) is 4.79 Å². The fourth-order valence-electron chi connectivity index (χ4n) is 2.97. The zero-order valence-electron chi connectivity index (χ0n) is 14.8. The monoisotopic (exact) mass is 402 g/mol. The Bertz CT molecular complexity index is 842. The van der Waals surface area contributed by atoms with Crippen molar-refractivity contribution in [3.63, 3.8) is 0 Å². The van der Waals surface area contributed by atoms with Crippen LogP contribution in [-0.4, -0.2) is 29.8 Å². The molecule has 1 aliphatic rings. The van der Waals surface area contributed by atoms with Gasteiger partial charge in [-0.1, -0.05) is 53.5 Å². The van der Waals surface area contributed by atoms with Gasteiger partial charge < -0.3 is 10.2 Å². The molecule has 0 bridgehead atoms. The van der Waals surface area contributed by atoms with Crippen LogP contribution in [0.4, 0.5) is 0 Å². The largest absolute Gasteiger partial charge is 0.337 e. The molecule has 6 heteroatoms. The van der Waals surface area contributed by atoms with Crippen LogP contribution < -0.4 is 5.32 Å². The lowest BCUT2D eigenvalue weighted by Gasteiger charge is -2.28. The minimum absolute atomic E-state index is 0.0924. The third-order valence-corrected chi connectivity index (χ3v) is 5.11. The fourth-order valence-corrected chi connectivity index (χ4v) is 3.35. The zero-order valence-corrected chi connectivity index (χ0v) is 16.3. The van der Waals surface area contributed by atoms with Gasteiger partial charge in [0.05, 0.1) is 5.03 Å². The molecule has 1 saturated heterocycles. The molecule has 1 fully saturated rings. The molecular formula is C21H20Cl2N2O2. The molecule has 1 heterocycles. The Morgan fingerprint density at radius 2 is 1.48 bits per heavy atom. The number of carbonyl (C=O) groups is 2. The number of nitrogens with one attached hydrogen (secondary N) is 1. The van der Waals surface area contributed by atoms with Crippen LogP contribution in [0, 0.1) is 0 Å². The SMILES string of the molecule is O=C(N/C(C(=O)N1CCCCC1)=C(/Cl)c1ccc(Cl)cc1)c1ccccc1. The molecule has 0 atom stereocenters. The van der Waals surface area contributed by atoms with Crippen molar-refractivity contribution >= 4 is 40.0 Å². The van der Waals surface area contributed by atoms with Gasteiger partial charge >= 0.3 is 0 Å². The van der Waals surface area contributed by atoms with Crippen LogP contribution in [0.3, 0.4) is 0 Å². The second-order valence-electron chi connectivity index (χ2n) is 6.37. The van der Waals surface area contributed by atoms with Gasteiger partial charge in [0, 0.05) is 23.7 Å². The second kappa shape index (κ2) is 9.07. The fraction of sp³-hybridized carbons (Fsp3) is 0.238. The van der Waals surface area contributed by atoms with Crippen LogP contribution in [0.25, 0.3) is 5.03 Å². The minimum atomic E-state index is -0.372. The maximum atomic E-state index is 13.1. The molecule has 0 unspecified atom stereocenters. The van der Waals surface area contributed by atoms with Gasteiger partial charge in [-0.25, -0.2) is 0 Å². The molecule has 2 amide bonds. The highest BCUT2D eigenvalue weighted by Crippen LogP contribution is 2.26. The van der Waals surface area contributed by atoms with Crippen molar-refractivity contribution in [3.8, 4) is 0 Å². The number of piperidine rings is 1. The van der Waals surface area contributed by atoms with Crippen molar-refractivity contribution in [3.05, 3.63) is 76.4 Å². The van der Waals surface area contributed by atoms with Gasteiger partial charge in [-0.3, -0.25) is 9.59 Å². The van der Waals surface area contributed by atoms with E-state index >= 15 is 0 Å². The number of amides is 2. The highest BCUT2D eigenvalue weighted by molar-refractivity contribution is 6.51. The summed E-state index contributed by atoms with van der Waals surface area (Å²) in [5.74, 6) is -0.637. The van der Waals surface area contributed by atoms with E-state index < -0.39 is 0 Å². The number of likely N-dealkylation sites (tertiary alicyclic amines) is 1. The summed E-state index contributed by atoms with van der Waals surface area (Å²) in [5.41, 5.74) is 1.17. The van der Waals surface area contributed by atoms with Gasteiger partial charge in [0.2, 0.25) is 0 Å². The molecule has 0 spiro atoms. The maximum absolute atomic E-state index is 13.1. The third kappa shape index (κ3) is 4.90. The van der Waals surface area contributed by atoms with E-state index in [4.69, 9.17) is 23.2 Å². The molecule has 0 radical (unpaired) electrons. The van der Waals surface area contributed by atoms with E-state index in [1.54, 1.807) is 53.4 Å². The first kappa shape index (κ1) is 19.5. The summed E-state index contributed by atoms with van der Waals surface area (Å²) in [5, 5.41) is 3.50. The third-order valence-electron chi connectivity index (χ3n) is 4.45. The Hall–Kier alpha value is -2.30. The van der Waals surface area contributed by atoms with Gasteiger partial charge in [-0.05, 0) is 49.1 Å². The molecule has 0 aliphatic carbocycles. The lowest BCUT2D eigenvalue weighted by Crippen LogP contribution is -2.41. The number of hydrogen-bond donors (Lipinski definition) is 1. The van der Waals surface area contributed by atoms with E-state index in [2.05, 4.69) is 5.32 Å². The Morgan fingerprint density at radius 3 is 2.11 bits per heavy atom. The van der Waals surface area contributed by atoms with Crippen LogP contribution in [0.2, 0.25) is 5.02 Å². The number of hydrogen-bond acceptors (Lipinski definition) is 2. The average Bonchev–Trinajstić information content (AvgIpc) is 2.72. The molecule has 2 aromatic carbocycles. The average molecular weight is 403 g/mol. The summed E-state index contributed by atoms with van der Waals surface area (Å²) in [6.45, 7) is 1.32. The Kier molecular flexibility index (Phi) is 6.54. The van der Waals surface area contributed by atoms with Gasteiger partial charge in [-0.2, -0.15) is 0 Å². The highest BCUT2D eigenvalue weighted by atomic mass is 35.5. The number of carbonyl (C=O) groups excluding carboxylic acids is 2. The van der Waals surface area contributed by atoms with Crippen molar-refractivity contribution in [1.29, 1.82) is 0 Å². The topological polar surface area (TPSA) is 49.4 Å². The predicted octanol–water partition coefficient (Wildman–Crippen LogP) is 4.69. The zero-order chi connectivity index (χ0) is 19.2. The van der Waals surface area contributed by atoms with Gasteiger partial charge in [-0.15, -0.1) is 0 Å². The Labute approximate surface area is 168 Å². The summed E-state index contributed by atoms with van der Waals surface area (Å²) in [6.07, 6.45) is 3.00. The first-order valence-corrected chi connectivity index (χ1v) is 9.63. The molecule has 4 nitrogen and oxygen atoms in total. The normalized spacial score (nSPS) is 15.1. The van der Waals surface area contributed by atoms with Gasteiger partial charge in [0.15, 0.2) is 0 Å². The van der Waals surface area contributed by atoms with Crippen molar-refractivity contribution < 1.29 is 9.59 Å². The molecule has 0 aromatic heterocycles. The van der Waals surface area contributed by atoms with Crippen molar-refractivity contribution in [2.45, 2.75) is 19.3 Å². The van der Waals surface area contributed by atoms with Crippen LogP contribution in [0.5, 0.6) is 0 Å². The molecular weight excluding hydrogens is 383 g/mol. The first-order valence-electron chi connectivity index (χ1n) is 8.87. The Morgan fingerprint density at radius 1 is 0.852 bits per heavy atom. The lowest BCUT2D eigenvalue weighted by molar-refractivity contribution is -0.128. The van der Waals surface area contributed by atoms with Crippen LogP contribution in [0.15, 0.2) is 60.3 Å². The number of halogens is 2. The molecule has 3 rings (SSSR count). The first-order chi connectivity index (χ1) is 13.1. The van der Waals surface area contributed by atoms with Crippen molar-refractivity contribution in [1.82, 2.24) is 10.2 Å². The highest BCUT2D eigenvalue weighted by Gasteiger charge is 2.25. The van der Waals surface area contributed by atoms with E-state index in [9.17, 15) is 9.59 Å². The molecule has 2 aromatic rings. The number of benzene rings is 2. The minimum Gasteiger partial charge on any atom is -0.337 e. The van der Waals surface area contributed by atoms with E-state index in [0.717, 1.165) is 19.3 Å². The summed E-state index contributed by atoms with van der Waals surface area (Å²) >= 11 is 12.5. The summed E-state index contributed by atoms with van der Waals surface area (Å²) in [4.78, 5) is 27.5. The van der Waals surface area contributed by atoms with Gasteiger partial charge in [0.1, 0.15) is 5.70 Å². The quantitative estimate of drug-likeness (QED) is 0.753. The predicted molar refractivity (Wildman–Crippen MR) is 109 cm³/mol. The van der Waals surface area contributed by atoms with Gasteiger partial charge in [0.25, 0.3) is 11.8 Å². The number of nitrogens with zero attached hydrogens (tertiary/aromatic N) is 1. The standard InChI is InChI=1S/C21H20Cl2N2O2/c22-17-11-9-15(10-12-17)18(23)19(21(27)25-13-5-2-6-14-25)24-20(26)16-7-3-1-4-8-16/h1,3-4,7-12H,2,5-6,13-14H2,(H,24,26)/b19-18+. The van der Waals surface area contributed by atoms with E-state index in [0.29, 0.717) is 29.2 Å². The molecule has 140 valence electrons. The summed E-state index contributed by atoms with van der Waals surface area (Å²) in [7, 11) is 0. The van der Waals surface area contributed by atoms with E-state index in [1.165, 1.54) is 0 Å². The smallest absolute Gasteiger partial charge is 0.271 e. The molecule has 1 aliphatic heterocycles. The van der Waals surface area contributed by atoms with Crippen LogP contribution >= 0.6 is 23.2 Å². The maximum Gasteiger partial charge on any atom is 0.271 e. The Balaban J connectivity index is 1.94. The summed E-state index contributed by atoms with van der Waals surface area (Å²) < 4.78 is 0.